The summed E-state index contributed by atoms with van der Waals surface area (Å²) in [6.07, 6.45) is -0.764. The van der Waals surface area contributed by atoms with Crippen molar-refractivity contribution in [2.75, 3.05) is 16.2 Å². The van der Waals surface area contributed by atoms with E-state index in [0.717, 1.165) is 16.7 Å². The molecule has 8 heteroatoms. The fraction of sp³-hybridized carbons (Fsp3) is 0.200. The second-order valence-corrected chi connectivity index (χ2v) is 9.81. The highest BCUT2D eigenvalue weighted by molar-refractivity contribution is 7.92. The molecule has 1 heterocycles. The highest BCUT2D eigenvalue weighted by atomic mass is 32.2. The zero-order chi connectivity index (χ0) is 23.6. The van der Waals surface area contributed by atoms with Gasteiger partial charge >= 0.3 is 0 Å². The van der Waals surface area contributed by atoms with Crippen LogP contribution in [0.15, 0.2) is 71.6 Å². The molecule has 0 saturated carbocycles. The van der Waals surface area contributed by atoms with Gasteiger partial charge in [-0.15, -0.1) is 0 Å². The first-order valence-corrected chi connectivity index (χ1v) is 11.9. The summed E-state index contributed by atoms with van der Waals surface area (Å²) in [7, 11) is -3.91. The van der Waals surface area contributed by atoms with E-state index >= 15 is 0 Å². The molecule has 0 fully saturated rings. The Morgan fingerprint density at radius 2 is 1.73 bits per heavy atom. The van der Waals surface area contributed by atoms with Crippen LogP contribution in [-0.4, -0.2) is 27.0 Å². The lowest BCUT2D eigenvalue weighted by Gasteiger charge is -2.35. The van der Waals surface area contributed by atoms with Gasteiger partial charge in [-0.1, -0.05) is 35.9 Å². The van der Waals surface area contributed by atoms with E-state index in [1.807, 2.05) is 19.9 Å². The summed E-state index contributed by atoms with van der Waals surface area (Å²) in [4.78, 5) is 13.2. The van der Waals surface area contributed by atoms with Gasteiger partial charge in [-0.25, -0.2) is 8.42 Å². The largest absolute Gasteiger partial charge is 0.476 e. The molecule has 1 aliphatic rings. The number of sulfonamides is 1. The average Bonchev–Trinajstić information content (AvgIpc) is 2.79. The van der Waals surface area contributed by atoms with Gasteiger partial charge < -0.3 is 10.1 Å². The van der Waals surface area contributed by atoms with Crippen LogP contribution in [0.2, 0.25) is 0 Å². The number of hydrogen-bond acceptors (Lipinski definition) is 5. The van der Waals surface area contributed by atoms with Crippen LogP contribution in [0, 0.1) is 25.2 Å². The minimum Gasteiger partial charge on any atom is -0.476 e. The van der Waals surface area contributed by atoms with E-state index in [0.29, 0.717) is 17.1 Å². The Kier molecular flexibility index (Phi) is 6.07. The third-order valence-electron chi connectivity index (χ3n) is 5.39. The van der Waals surface area contributed by atoms with E-state index in [2.05, 4.69) is 11.4 Å². The first-order valence-electron chi connectivity index (χ1n) is 10.4. The van der Waals surface area contributed by atoms with Crippen LogP contribution >= 0.6 is 0 Å². The lowest BCUT2D eigenvalue weighted by Crippen LogP contribution is -2.48. The van der Waals surface area contributed by atoms with Crippen LogP contribution in [0.4, 0.5) is 11.4 Å². The number of carbonyl (C=O) groups excluding carboxylic acids is 1. The van der Waals surface area contributed by atoms with E-state index in [1.165, 1.54) is 4.31 Å². The second kappa shape index (κ2) is 8.96. The van der Waals surface area contributed by atoms with Gasteiger partial charge in [0.05, 0.1) is 29.6 Å². The Morgan fingerprint density at radius 3 is 2.39 bits per heavy atom. The van der Waals surface area contributed by atoms with Crippen molar-refractivity contribution in [1.29, 1.82) is 5.26 Å². The summed E-state index contributed by atoms with van der Waals surface area (Å²) in [5, 5.41) is 11.6. The average molecular weight is 462 g/mol. The lowest BCUT2D eigenvalue weighted by molar-refractivity contribution is -0.122. The number of hydrogen-bond donors (Lipinski definition) is 1. The van der Waals surface area contributed by atoms with Gasteiger partial charge in [0, 0.05) is 5.69 Å². The van der Waals surface area contributed by atoms with Crippen LogP contribution in [0.5, 0.6) is 5.75 Å². The maximum absolute atomic E-state index is 13.5. The predicted molar refractivity (Wildman–Crippen MR) is 126 cm³/mol. The summed E-state index contributed by atoms with van der Waals surface area (Å²) in [6, 6.07) is 20.8. The Hall–Kier alpha value is -3.83. The summed E-state index contributed by atoms with van der Waals surface area (Å²) in [5.74, 6) is -0.124. The SMILES string of the molecule is Cc1ccc(S(=O)(=O)N2CC(C(=O)Nc3ccc(CC#N)cc3)Oc3cc(C)ccc32)cc1. The topological polar surface area (TPSA) is 99.5 Å². The smallest absolute Gasteiger partial charge is 0.267 e. The summed E-state index contributed by atoms with van der Waals surface area (Å²) < 4.78 is 34.1. The standard InChI is InChI=1S/C25H23N3O4S/c1-17-3-10-21(11-4-17)33(30,31)28-16-24(32-23-15-18(2)5-12-22(23)28)25(29)27-20-8-6-19(7-9-20)13-14-26/h3-12,15,24H,13,16H2,1-2H3,(H,27,29). The molecule has 1 atom stereocenters. The molecule has 0 spiro atoms. The first-order chi connectivity index (χ1) is 15.8. The number of nitrogens with zero attached hydrogens (tertiary/aromatic N) is 2. The minimum atomic E-state index is -3.91. The molecule has 4 rings (SSSR count). The number of anilines is 2. The number of aryl methyl sites for hydroxylation is 2. The van der Waals surface area contributed by atoms with Crippen LogP contribution in [-0.2, 0) is 21.2 Å². The maximum Gasteiger partial charge on any atom is 0.267 e. The summed E-state index contributed by atoms with van der Waals surface area (Å²) >= 11 is 0. The molecule has 0 radical (unpaired) electrons. The second-order valence-electron chi connectivity index (χ2n) is 7.95. The Bertz CT molecular complexity index is 1330. The molecule has 1 aliphatic heterocycles. The third kappa shape index (κ3) is 4.69. The van der Waals surface area contributed by atoms with Crippen LogP contribution in [0.1, 0.15) is 16.7 Å². The fourth-order valence-electron chi connectivity index (χ4n) is 3.58. The molecule has 168 valence electrons. The zero-order valence-corrected chi connectivity index (χ0v) is 19.1. The molecule has 3 aromatic rings. The van der Waals surface area contributed by atoms with E-state index in [9.17, 15) is 13.2 Å². The van der Waals surface area contributed by atoms with Crippen LogP contribution in [0.3, 0.4) is 0 Å². The molecule has 0 saturated heterocycles. The van der Waals surface area contributed by atoms with Crippen molar-refractivity contribution in [1.82, 2.24) is 0 Å². The van der Waals surface area contributed by atoms with Gasteiger partial charge in [-0.05, 0) is 61.4 Å². The monoisotopic (exact) mass is 461 g/mol. The fourth-order valence-corrected chi connectivity index (χ4v) is 5.06. The number of nitrogens with one attached hydrogen (secondary N) is 1. The number of carbonyl (C=O) groups is 1. The van der Waals surface area contributed by atoms with Crippen LogP contribution < -0.4 is 14.4 Å². The van der Waals surface area contributed by atoms with Crippen molar-refractivity contribution in [2.24, 2.45) is 0 Å². The quantitative estimate of drug-likeness (QED) is 0.620. The predicted octanol–water partition coefficient (Wildman–Crippen LogP) is 3.96. The Labute approximate surface area is 193 Å². The van der Waals surface area contributed by atoms with Crippen LogP contribution in [0.25, 0.3) is 0 Å². The molecule has 3 aromatic carbocycles. The highest BCUT2D eigenvalue weighted by Gasteiger charge is 2.37. The number of rotatable bonds is 5. The molecule has 1 amide bonds. The van der Waals surface area contributed by atoms with Gasteiger partial charge in [-0.3, -0.25) is 9.10 Å². The van der Waals surface area contributed by atoms with Gasteiger partial charge in [0.15, 0.2) is 6.10 Å². The molecule has 0 aliphatic carbocycles. The van der Waals surface area contributed by atoms with Crippen molar-refractivity contribution in [3.05, 3.63) is 83.4 Å². The van der Waals surface area contributed by atoms with Gasteiger partial charge in [0.1, 0.15) is 5.75 Å². The molecule has 0 aromatic heterocycles. The van der Waals surface area contributed by atoms with E-state index in [1.54, 1.807) is 60.7 Å². The molecule has 0 bridgehead atoms. The summed E-state index contributed by atoms with van der Waals surface area (Å²) in [5.41, 5.74) is 3.60. The first kappa shape index (κ1) is 22.4. The van der Waals surface area contributed by atoms with E-state index in [4.69, 9.17) is 10.00 Å². The number of fused-ring (bicyclic) bond motifs is 1. The number of ether oxygens (including phenoxy) is 1. The van der Waals surface area contributed by atoms with Gasteiger partial charge in [0.25, 0.3) is 15.9 Å². The molecular weight excluding hydrogens is 438 g/mol. The van der Waals surface area contributed by atoms with E-state index < -0.39 is 22.0 Å². The molecule has 33 heavy (non-hydrogen) atoms. The minimum absolute atomic E-state index is 0.147. The normalized spacial score (nSPS) is 15.2. The Balaban J connectivity index is 1.64. The third-order valence-corrected chi connectivity index (χ3v) is 7.18. The van der Waals surface area contributed by atoms with Crippen molar-refractivity contribution in [3.63, 3.8) is 0 Å². The van der Waals surface area contributed by atoms with Crippen molar-refractivity contribution in [2.45, 2.75) is 31.3 Å². The molecular formula is C25H23N3O4S. The van der Waals surface area contributed by atoms with Gasteiger partial charge in [-0.2, -0.15) is 5.26 Å². The Morgan fingerprint density at radius 1 is 1.06 bits per heavy atom. The number of nitriles is 1. The number of amides is 1. The lowest BCUT2D eigenvalue weighted by atomic mass is 10.1. The maximum atomic E-state index is 13.5. The highest BCUT2D eigenvalue weighted by Crippen LogP contribution is 2.38. The van der Waals surface area contributed by atoms with Crippen molar-refractivity contribution in [3.8, 4) is 11.8 Å². The van der Waals surface area contributed by atoms with Crippen molar-refractivity contribution < 1.29 is 17.9 Å². The number of benzene rings is 3. The molecule has 7 nitrogen and oxygen atoms in total. The van der Waals surface area contributed by atoms with Gasteiger partial charge in [0.2, 0.25) is 0 Å². The molecule has 1 unspecified atom stereocenters. The van der Waals surface area contributed by atoms with E-state index in [-0.39, 0.29) is 17.9 Å². The summed E-state index contributed by atoms with van der Waals surface area (Å²) in [6.45, 7) is 3.59. The van der Waals surface area contributed by atoms with Crippen molar-refractivity contribution >= 4 is 27.3 Å². The molecule has 1 N–H and O–H groups in total. The zero-order valence-electron chi connectivity index (χ0n) is 18.3.